The molecule has 0 aliphatic carbocycles. The normalized spacial score (nSPS) is 12.3. The van der Waals surface area contributed by atoms with Gasteiger partial charge in [0.1, 0.15) is 18.1 Å². The molecule has 0 spiro atoms. The molecule has 0 fully saturated rings. The average molecular weight is 497 g/mol. The van der Waals surface area contributed by atoms with Gasteiger partial charge in [-0.2, -0.15) is 0 Å². The number of carbonyl (C=O) groups excluding carboxylic acids is 2. The molecule has 2 N–H and O–H groups in total. The molecule has 0 radical (unpaired) electrons. The van der Waals surface area contributed by atoms with Gasteiger partial charge in [0.25, 0.3) is 5.91 Å². The maximum absolute atomic E-state index is 12.2. The second-order valence-corrected chi connectivity index (χ2v) is 8.17. The van der Waals surface area contributed by atoms with E-state index in [0.717, 1.165) is 12.0 Å². The van der Waals surface area contributed by atoms with Crippen LogP contribution in [0.3, 0.4) is 0 Å². The maximum atomic E-state index is 12.2. The fourth-order valence-electron chi connectivity index (χ4n) is 3.31. The molecule has 0 unspecified atom stereocenters. The number of ether oxygens (including phenoxy) is 4. The van der Waals surface area contributed by atoms with Crippen molar-refractivity contribution in [2.75, 3.05) is 19.8 Å². The zero-order chi connectivity index (χ0) is 24.5. The van der Waals surface area contributed by atoms with Crippen molar-refractivity contribution in [1.29, 1.82) is 0 Å². The molecule has 1 aliphatic rings. The second-order valence-electron chi connectivity index (χ2n) is 7.76. The molecule has 1 heterocycles. The van der Waals surface area contributed by atoms with Crippen LogP contribution >= 0.6 is 11.6 Å². The van der Waals surface area contributed by atoms with Crippen LogP contribution in [0.4, 0.5) is 0 Å². The molecule has 9 heteroatoms. The Hall–Kier alpha value is -3.91. The number of fused-ring (bicyclic) bond motifs is 1. The SMILES string of the molecule is O=C(COc1ccc(OCc2ccccc2)cc1)NNC(=O)Cc1cc(Cl)c2c(c1)OCCCO2. The Morgan fingerprint density at radius 1 is 0.829 bits per heavy atom. The van der Waals surface area contributed by atoms with Gasteiger partial charge in [-0.15, -0.1) is 0 Å². The fourth-order valence-corrected chi connectivity index (χ4v) is 3.60. The standard InChI is InChI=1S/C26H25ClN2O6/c27-22-13-19(14-23-26(22)33-12-4-11-32-23)15-24(30)28-29-25(31)17-35-21-9-7-20(8-10-21)34-16-18-5-2-1-3-6-18/h1-3,5-10,13-14H,4,11-12,15-17H2,(H,28,30)(H,29,31). The summed E-state index contributed by atoms with van der Waals surface area (Å²) in [6.07, 6.45) is 0.753. The number of rotatable bonds is 8. The molecular formula is C26H25ClN2O6. The number of nitrogens with one attached hydrogen (secondary N) is 2. The van der Waals surface area contributed by atoms with E-state index in [1.165, 1.54) is 0 Å². The highest BCUT2D eigenvalue weighted by Gasteiger charge is 2.17. The summed E-state index contributed by atoms with van der Waals surface area (Å²) in [5.41, 5.74) is 6.40. The van der Waals surface area contributed by atoms with E-state index < -0.39 is 11.8 Å². The largest absolute Gasteiger partial charge is 0.489 e. The minimum Gasteiger partial charge on any atom is -0.489 e. The van der Waals surface area contributed by atoms with Gasteiger partial charge in [0.05, 0.1) is 24.7 Å². The Morgan fingerprint density at radius 3 is 2.29 bits per heavy atom. The average Bonchev–Trinajstić information content (AvgIpc) is 3.12. The number of hydrazine groups is 1. The predicted octanol–water partition coefficient (Wildman–Crippen LogP) is 3.85. The first-order chi connectivity index (χ1) is 17.1. The summed E-state index contributed by atoms with van der Waals surface area (Å²) < 4.78 is 22.4. The van der Waals surface area contributed by atoms with Gasteiger partial charge in [0.15, 0.2) is 18.1 Å². The summed E-state index contributed by atoms with van der Waals surface area (Å²) in [5, 5.41) is 0.376. The molecule has 1 aliphatic heterocycles. The minimum absolute atomic E-state index is 0.00193. The van der Waals surface area contributed by atoms with Crippen LogP contribution in [0.15, 0.2) is 66.7 Å². The molecule has 3 aromatic carbocycles. The third-order valence-corrected chi connectivity index (χ3v) is 5.29. The van der Waals surface area contributed by atoms with Crippen LogP contribution in [-0.2, 0) is 22.6 Å². The Labute approximate surface area is 208 Å². The van der Waals surface area contributed by atoms with E-state index in [4.69, 9.17) is 30.5 Å². The first-order valence-corrected chi connectivity index (χ1v) is 11.5. The van der Waals surface area contributed by atoms with E-state index in [1.54, 1.807) is 36.4 Å². The Kier molecular flexibility index (Phi) is 8.30. The topological polar surface area (TPSA) is 95.1 Å². The molecular weight excluding hydrogens is 472 g/mol. The molecule has 4 rings (SSSR count). The monoisotopic (exact) mass is 496 g/mol. The van der Waals surface area contributed by atoms with Crippen LogP contribution in [0.2, 0.25) is 5.02 Å². The molecule has 3 aromatic rings. The highest BCUT2D eigenvalue weighted by Crippen LogP contribution is 2.38. The maximum Gasteiger partial charge on any atom is 0.276 e. The van der Waals surface area contributed by atoms with E-state index in [1.807, 2.05) is 30.3 Å². The fraction of sp³-hybridized carbons (Fsp3) is 0.231. The van der Waals surface area contributed by atoms with Crippen molar-refractivity contribution in [3.8, 4) is 23.0 Å². The molecule has 8 nitrogen and oxygen atoms in total. The highest BCUT2D eigenvalue weighted by molar-refractivity contribution is 6.32. The van der Waals surface area contributed by atoms with Gasteiger partial charge >= 0.3 is 0 Å². The number of amides is 2. The van der Waals surface area contributed by atoms with E-state index in [-0.39, 0.29) is 13.0 Å². The lowest BCUT2D eigenvalue weighted by molar-refractivity contribution is -0.129. The van der Waals surface area contributed by atoms with Gasteiger partial charge in [-0.1, -0.05) is 41.9 Å². The number of hydrogen-bond donors (Lipinski definition) is 2. The predicted molar refractivity (Wildman–Crippen MR) is 130 cm³/mol. The van der Waals surface area contributed by atoms with Crippen molar-refractivity contribution in [1.82, 2.24) is 10.9 Å². The lowest BCUT2D eigenvalue weighted by Crippen LogP contribution is -2.44. The van der Waals surface area contributed by atoms with Crippen LogP contribution in [0.1, 0.15) is 17.5 Å². The molecule has 0 saturated carbocycles. The summed E-state index contributed by atoms with van der Waals surface area (Å²) in [5.74, 6) is 1.26. The molecule has 182 valence electrons. The number of carbonyl (C=O) groups is 2. The summed E-state index contributed by atoms with van der Waals surface area (Å²) in [6, 6.07) is 20.1. The van der Waals surface area contributed by atoms with Gasteiger partial charge in [-0.25, -0.2) is 0 Å². The Balaban J connectivity index is 1.18. The van der Waals surface area contributed by atoms with Gasteiger partial charge in [0.2, 0.25) is 5.91 Å². The van der Waals surface area contributed by atoms with Crippen molar-refractivity contribution >= 4 is 23.4 Å². The van der Waals surface area contributed by atoms with Crippen molar-refractivity contribution in [2.24, 2.45) is 0 Å². The Morgan fingerprint density at radius 2 is 1.51 bits per heavy atom. The van der Waals surface area contributed by atoms with Gasteiger partial charge in [-0.3, -0.25) is 20.4 Å². The van der Waals surface area contributed by atoms with Crippen LogP contribution in [0, 0.1) is 0 Å². The van der Waals surface area contributed by atoms with E-state index >= 15 is 0 Å². The number of benzene rings is 3. The van der Waals surface area contributed by atoms with E-state index in [2.05, 4.69) is 10.9 Å². The van der Waals surface area contributed by atoms with Gasteiger partial charge in [-0.05, 0) is 47.5 Å². The zero-order valence-corrected chi connectivity index (χ0v) is 19.7. The summed E-state index contributed by atoms with van der Waals surface area (Å²) in [7, 11) is 0. The van der Waals surface area contributed by atoms with Crippen LogP contribution < -0.4 is 29.8 Å². The zero-order valence-electron chi connectivity index (χ0n) is 18.9. The Bertz CT molecular complexity index is 1150. The minimum atomic E-state index is -0.501. The van der Waals surface area contributed by atoms with Crippen molar-refractivity contribution in [2.45, 2.75) is 19.4 Å². The van der Waals surface area contributed by atoms with Crippen LogP contribution in [0.25, 0.3) is 0 Å². The molecule has 0 aromatic heterocycles. The van der Waals surface area contributed by atoms with E-state index in [0.29, 0.717) is 53.4 Å². The third-order valence-electron chi connectivity index (χ3n) is 5.01. The molecule has 35 heavy (non-hydrogen) atoms. The second kappa shape index (κ2) is 12.0. The third kappa shape index (κ3) is 7.28. The lowest BCUT2D eigenvalue weighted by Gasteiger charge is -2.12. The van der Waals surface area contributed by atoms with Gasteiger partial charge in [0, 0.05) is 6.42 Å². The first-order valence-electron chi connectivity index (χ1n) is 11.1. The molecule has 2 amide bonds. The molecule has 0 atom stereocenters. The summed E-state index contributed by atoms with van der Waals surface area (Å²) in [4.78, 5) is 24.3. The summed E-state index contributed by atoms with van der Waals surface area (Å²) >= 11 is 6.25. The van der Waals surface area contributed by atoms with Crippen LogP contribution in [0.5, 0.6) is 23.0 Å². The van der Waals surface area contributed by atoms with E-state index in [9.17, 15) is 9.59 Å². The number of halogens is 1. The molecule has 0 bridgehead atoms. The van der Waals surface area contributed by atoms with Crippen molar-refractivity contribution in [3.63, 3.8) is 0 Å². The molecule has 0 saturated heterocycles. The first kappa shape index (κ1) is 24.2. The smallest absolute Gasteiger partial charge is 0.276 e. The van der Waals surface area contributed by atoms with Crippen LogP contribution in [-0.4, -0.2) is 31.6 Å². The van der Waals surface area contributed by atoms with Crippen molar-refractivity contribution in [3.05, 3.63) is 82.9 Å². The quantitative estimate of drug-likeness (QED) is 0.460. The number of hydrogen-bond acceptors (Lipinski definition) is 6. The summed E-state index contributed by atoms with van der Waals surface area (Å²) in [6.45, 7) is 1.23. The lowest BCUT2D eigenvalue weighted by atomic mass is 10.1. The van der Waals surface area contributed by atoms with Gasteiger partial charge < -0.3 is 18.9 Å². The van der Waals surface area contributed by atoms with Crippen molar-refractivity contribution < 1.29 is 28.5 Å². The highest BCUT2D eigenvalue weighted by atomic mass is 35.5.